The predicted molar refractivity (Wildman–Crippen MR) is 130 cm³/mol. The SMILES string of the molecule is COc1ccc(CC(C(=O)c2ccc(OC)c(OC)c2)=C(C(=O)[O-])c2ccc3nsnc3c2)cc1F.[Na+]. The minimum Gasteiger partial charge on any atom is -0.545 e. The zero-order chi connectivity index (χ0) is 25.8. The van der Waals surface area contributed by atoms with Crippen LogP contribution in [0.2, 0.25) is 0 Å². The number of methoxy groups -OCH3 is 3. The molecule has 0 radical (unpaired) electrons. The van der Waals surface area contributed by atoms with Gasteiger partial charge in [0.1, 0.15) is 11.0 Å². The summed E-state index contributed by atoms with van der Waals surface area (Å²) in [5.74, 6) is -2.07. The van der Waals surface area contributed by atoms with Crippen LogP contribution in [0.15, 0.2) is 60.2 Å². The van der Waals surface area contributed by atoms with Crippen LogP contribution in [0.5, 0.6) is 17.2 Å². The Morgan fingerprint density at radius 1 is 0.838 bits per heavy atom. The van der Waals surface area contributed by atoms with Crippen LogP contribution < -0.4 is 48.9 Å². The number of aromatic nitrogens is 2. The van der Waals surface area contributed by atoms with E-state index in [0.29, 0.717) is 28.1 Å². The number of carbonyl (C=O) groups is 2. The molecule has 184 valence electrons. The van der Waals surface area contributed by atoms with Gasteiger partial charge >= 0.3 is 29.6 Å². The summed E-state index contributed by atoms with van der Waals surface area (Å²) >= 11 is 0.983. The van der Waals surface area contributed by atoms with Crippen LogP contribution in [0, 0.1) is 5.82 Å². The first-order valence-electron chi connectivity index (χ1n) is 10.6. The summed E-state index contributed by atoms with van der Waals surface area (Å²) in [5.41, 5.74) is 1.37. The van der Waals surface area contributed by atoms with Crippen molar-refractivity contribution in [3.63, 3.8) is 0 Å². The molecule has 0 saturated heterocycles. The van der Waals surface area contributed by atoms with E-state index in [2.05, 4.69) is 8.75 Å². The van der Waals surface area contributed by atoms with Gasteiger partial charge in [-0.2, -0.15) is 8.75 Å². The Balaban J connectivity index is 0.00000380. The molecule has 37 heavy (non-hydrogen) atoms. The predicted octanol–water partition coefficient (Wildman–Crippen LogP) is 0.489. The maximum atomic E-state index is 14.4. The number of carbonyl (C=O) groups excluding carboxylic acids is 2. The fourth-order valence-corrected chi connectivity index (χ4v) is 4.33. The van der Waals surface area contributed by atoms with Crippen LogP contribution >= 0.6 is 11.7 Å². The quantitative estimate of drug-likeness (QED) is 0.175. The normalized spacial score (nSPS) is 11.4. The molecule has 4 aromatic rings. The second kappa shape index (κ2) is 12.3. The fraction of sp³-hybridized carbons (Fsp3) is 0.154. The van der Waals surface area contributed by atoms with Gasteiger partial charge in [0.05, 0.1) is 39.0 Å². The van der Waals surface area contributed by atoms with Crippen molar-refractivity contribution in [1.82, 2.24) is 8.75 Å². The molecule has 0 amide bonds. The zero-order valence-corrected chi connectivity index (χ0v) is 23.3. The van der Waals surface area contributed by atoms with Crippen molar-refractivity contribution in [2.45, 2.75) is 6.42 Å². The average Bonchev–Trinajstić information content (AvgIpc) is 3.35. The Kier molecular flexibility index (Phi) is 9.39. The van der Waals surface area contributed by atoms with Gasteiger partial charge in [0.2, 0.25) is 0 Å². The molecule has 0 aliphatic rings. The van der Waals surface area contributed by atoms with Crippen molar-refractivity contribution in [2.24, 2.45) is 0 Å². The fourth-order valence-electron chi connectivity index (χ4n) is 3.81. The molecule has 8 nitrogen and oxygen atoms in total. The number of nitrogens with zero attached hydrogens (tertiary/aromatic N) is 2. The van der Waals surface area contributed by atoms with E-state index >= 15 is 0 Å². The third-order valence-corrected chi connectivity index (χ3v) is 6.12. The summed E-state index contributed by atoms with van der Waals surface area (Å²) in [5, 5.41) is 12.4. The number of allylic oxidation sites excluding steroid dienone is 1. The molecule has 0 aliphatic heterocycles. The first kappa shape index (κ1) is 28.3. The van der Waals surface area contributed by atoms with Gasteiger partial charge in [-0.15, -0.1) is 0 Å². The van der Waals surface area contributed by atoms with Crippen molar-refractivity contribution >= 4 is 40.1 Å². The summed E-state index contributed by atoms with van der Waals surface area (Å²) in [4.78, 5) is 26.2. The number of hydrogen-bond donors (Lipinski definition) is 0. The van der Waals surface area contributed by atoms with E-state index in [1.54, 1.807) is 18.2 Å². The standard InChI is InChI=1S/C26H21FN2O6S.Na/c1-33-21-8-4-14(11-18(21)27)10-17(25(30)16-6-9-22(34-2)23(13-16)35-3)24(26(31)32)15-5-7-19-20(12-15)29-36-28-19;/h4-9,11-13H,10H2,1-3H3,(H,31,32);/q;+1/p-1. The van der Waals surface area contributed by atoms with Crippen LogP contribution in [-0.4, -0.2) is 41.8 Å². The molecule has 1 aromatic heterocycles. The Bertz CT molecular complexity index is 1500. The molecule has 3 aromatic carbocycles. The monoisotopic (exact) mass is 530 g/mol. The molecule has 1 heterocycles. The van der Waals surface area contributed by atoms with E-state index in [4.69, 9.17) is 14.2 Å². The van der Waals surface area contributed by atoms with Crippen molar-refractivity contribution in [2.75, 3.05) is 21.3 Å². The third-order valence-electron chi connectivity index (χ3n) is 5.57. The number of halogens is 1. The molecule has 0 N–H and O–H groups in total. The van der Waals surface area contributed by atoms with Crippen molar-refractivity contribution in [1.29, 1.82) is 0 Å². The molecule has 0 spiro atoms. The minimum absolute atomic E-state index is 0. The molecule has 0 aliphatic carbocycles. The van der Waals surface area contributed by atoms with Gasteiger partial charge in [0, 0.05) is 23.1 Å². The Morgan fingerprint density at radius 3 is 2.14 bits per heavy atom. The first-order chi connectivity index (χ1) is 17.4. The van der Waals surface area contributed by atoms with E-state index in [1.807, 2.05) is 0 Å². The number of ether oxygens (including phenoxy) is 3. The van der Waals surface area contributed by atoms with Crippen molar-refractivity contribution in [3.8, 4) is 17.2 Å². The van der Waals surface area contributed by atoms with Crippen LogP contribution in [0.25, 0.3) is 16.6 Å². The van der Waals surface area contributed by atoms with Crippen LogP contribution in [0.4, 0.5) is 4.39 Å². The molecule has 0 atom stereocenters. The average molecular weight is 531 g/mol. The molecular formula is C26H20FN2NaO6S. The van der Waals surface area contributed by atoms with Gasteiger partial charge in [-0.1, -0.05) is 12.1 Å². The van der Waals surface area contributed by atoms with Gasteiger partial charge < -0.3 is 24.1 Å². The topological polar surface area (TPSA) is 111 Å². The van der Waals surface area contributed by atoms with Gasteiger partial charge in [0.15, 0.2) is 28.8 Å². The molecule has 0 saturated carbocycles. The molecule has 0 fully saturated rings. The third kappa shape index (κ3) is 5.99. The zero-order valence-electron chi connectivity index (χ0n) is 20.5. The summed E-state index contributed by atoms with van der Waals surface area (Å²) in [7, 11) is 4.22. The number of hydrogen-bond acceptors (Lipinski definition) is 9. The number of ketones is 1. The van der Waals surface area contributed by atoms with Crippen LogP contribution in [-0.2, 0) is 11.2 Å². The van der Waals surface area contributed by atoms with Gasteiger partial charge in [-0.3, -0.25) is 4.79 Å². The number of rotatable bonds is 9. The molecule has 0 bridgehead atoms. The summed E-state index contributed by atoms with van der Waals surface area (Å²) in [6.07, 6.45) is -0.190. The van der Waals surface area contributed by atoms with Gasteiger partial charge in [-0.25, -0.2) is 4.39 Å². The van der Waals surface area contributed by atoms with E-state index in [1.165, 1.54) is 57.7 Å². The number of benzene rings is 3. The number of carboxylic acids is 1. The minimum atomic E-state index is -1.56. The molecule has 0 unspecified atom stereocenters. The van der Waals surface area contributed by atoms with E-state index in [-0.39, 0.29) is 64.0 Å². The summed E-state index contributed by atoms with van der Waals surface area (Å²) in [6.45, 7) is 0. The Morgan fingerprint density at radius 2 is 1.49 bits per heavy atom. The van der Waals surface area contributed by atoms with Crippen LogP contribution in [0.1, 0.15) is 21.5 Å². The summed E-state index contributed by atoms with van der Waals surface area (Å²) < 4.78 is 38.2. The van der Waals surface area contributed by atoms with E-state index < -0.39 is 17.6 Å². The first-order valence-corrected chi connectivity index (χ1v) is 11.4. The van der Waals surface area contributed by atoms with Crippen molar-refractivity contribution < 1.29 is 62.9 Å². The van der Waals surface area contributed by atoms with Gasteiger partial charge in [-0.05, 0) is 53.6 Å². The molecule has 11 heteroatoms. The number of carboxylic acid groups (broad SMARTS) is 1. The smallest absolute Gasteiger partial charge is 0.545 e. The number of fused-ring (bicyclic) bond motifs is 1. The second-order valence-corrected chi connectivity index (χ2v) is 8.18. The molecule has 4 rings (SSSR count). The van der Waals surface area contributed by atoms with E-state index in [0.717, 1.165) is 11.7 Å². The number of Topliss-reactive ketones (excluding diaryl/α,β-unsaturated/α-hetero) is 1. The second-order valence-electron chi connectivity index (χ2n) is 7.65. The Hall–Kier alpha value is -3.31. The van der Waals surface area contributed by atoms with E-state index in [9.17, 15) is 19.1 Å². The maximum absolute atomic E-state index is 14.4. The maximum Gasteiger partial charge on any atom is 1.00 e. The number of aliphatic carboxylic acids is 1. The van der Waals surface area contributed by atoms with Gasteiger partial charge in [0.25, 0.3) is 0 Å². The Labute approximate surface area is 238 Å². The van der Waals surface area contributed by atoms with Crippen LogP contribution in [0.3, 0.4) is 0 Å². The largest absolute Gasteiger partial charge is 1.00 e. The van der Waals surface area contributed by atoms with Crippen molar-refractivity contribution in [3.05, 3.63) is 82.7 Å². The summed E-state index contributed by atoms with van der Waals surface area (Å²) in [6, 6.07) is 13.3. The molecular weight excluding hydrogens is 510 g/mol.